The Bertz CT molecular complexity index is 1020. The Morgan fingerprint density at radius 3 is 2.32 bits per heavy atom. The number of thioether (sulfide) groups is 1. The van der Waals surface area contributed by atoms with Crippen molar-refractivity contribution in [3.05, 3.63) is 71.0 Å². The highest BCUT2D eigenvalue weighted by molar-refractivity contribution is 8.13. The summed E-state index contributed by atoms with van der Waals surface area (Å²) in [6.45, 7) is 5.54. The summed E-state index contributed by atoms with van der Waals surface area (Å²) in [6.07, 6.45) is 3.31. The Kier molecular flexibility index (Phi) is 5.15. The SMILES string of the molecule is CSC(=O)Cc1c(-c2ccc(Cl)cc2)c(-c2ccccc2)c2n1CC(C)(C)C2. The normalized spacial score (nSPS) is 14.9. The number of benzene rings is 2. The summed E-state index contributed by atoms with van der Waals surface area (Å²) in [5.41, 5.74) is 7.41. The molecule has 0 spiro atoms. The molecule has 4 rings (SSSR count). The van der Waals surface area contributed by atoms with Gasteiger partial charge in [-0.3, -0.25) is 4.79 Å². The lowest BCUT2D eigenvalue weighted by molar-refractivity contribution is -0.110. The van der Waals surface area contributed by atoms with E-state index >= 15 is 0 Å². The van der Waals surface area contributed by atoms with Gasteiger partial charge in [0.25, 0.3) is 0 Å². The zero-order valence-electron chi connectivity index (χ0n) is 16.5. The molecule has 0 bridgehead atoms. The van der Waals surface area contributed by atoms with Crippen LogP contribution in [0.5, 0.6) is 0 Å². The summed E-state index contributed by atoms with van der Waals surface area (Å²) < 4.78 is 2.40. The van der Waals surface area contributed by atoms with Gasteiger partial charge in [0.15, 0.2) is 5.12 Å². The van der Waals surface area contributed by atoms with E-state index in [0.29, 0.717) is 6.42 Å². The highest BCUT2D eigenvalue weighted by Gasteiger charge is 2.36. The summed E-state index contributed by atoms with van der Waals surface area (Å²) in [5, 5.41) is 0.916. The fraction of sp³-hybridized carbons (Fsp3) is 0.292. The van der Waals surface area contributed by atoms with Gasteiger partial charge in [-0.05, 0) is 41.4 Å². The first kappa shape index (κ1) is 19.4. The minimum atomic E-state index is 0.189. The number of hydrogen-bond donors (Lipinski definition) is 0. The second-order valence-electron chi connectivity index (χ2n) is 8.20. The summed E-state index contributed by atoms with van der Waals surface area (Å²) in [7, 11) is 0. The molecule has 2 aromatic carbocycles. The molecule has 2 nitrogen and oxygen atoms in total. The van der Waals surface area contributed by atoms with Crippen LogP contribution in [0.2, 0.25) is 5.02 Å². The molecule has 1 aliphatic heterocycles. The summed E-state index contributed by atoms with van der Waals surface area (Å²) in [4.78, 5) is 12.5. The van der Waals surface area contributed by atoms with Crippen LogP contribution in [-0.4, -0.2) is 15.9 Å². The maximum Gasteiger partial charge on any atom is 0.194 e. The van der Waals surface area contributed by atoms with Crippen molar-refractivity contribution in [2.75, 3.05) is 6.26 Å². The molecule has 0 amide bonds. The molecular weight excluding hydrogens is 386 g/mol. The van der Waals surface area contributed by atoms with E-state index in [4.69, 9.17) is 11.6 Å². The van der Waals surface area contributed by atoms with Crippen molar-refractivity contribution in [3.63, 3.8) is 0 Å². The largest absolute Gasteiger partial charge is 0.346 e. The van der Waals surface area contributed by atoms with E-state index in [1.165, 1.54) is 34.1 Å². The third-order valence-corrected chi connectivity index (χ3v) is 6.30. The van der Waals surface area contributed by atoms with Gasteiger partial charge in [-0.15, -0.1) is 0 Å². The first-order valence-electron chi connectivity index (χ1n) is 9.52. The average molecular weight is 410 g/mol. The number of aromatic nitrogens is 1. The minimum Gasteiger partial charge on any atom is -0.346 e. The number of rotatable bonds is 4. The molecule has 0 saturated heterocycles. The van der Waals surface area contributed by atoms with E-state index in [2.05, 4.69) is 54.8 Å². The van der Waals surface area contributed by atoms with Crippen LogP contribution in [0.1, 0.15) is 25.2 Å². The number of carbonyl (C=O) groups excluding carboxylic acids is 1. The van der Waals surface area contributed by atoms with E-state index in [-0.39, 0.29) is 10.5 Å². The van der Waals surface area contributed by atoms with Gasteiger partial charge in [-0.25, -0.2) is 0 Å². The molecule has 0 radical (unpaired) electrons. The predicted octanol–water partition coefficient (Wildman–Crippen LogP) is 6.49. The van der Waals surface area contributed by atoms with Crippen molar-refractivity contribution < 1.29 is 4.79 Å². The van der Waals surface area contributed by atoms with E-state index in [1.54, 1.807) is 0 Å². The zero-order valence-corrected chi connectivity index (χ0v) is 18.0. The lowest BCUT2D eigenvalue weighted by Gasteiger charge is -2.19. The average Bonchev–Trinajstić information content (AvgIpc) is 3.14. The molecule has 0 saturated carbocycles. The van der Waals surface area contributed by atoms with Crippen molar-refractivity contribution >= 4 is 28.5 Å². The Morgan fingerprint density at radius 1 is 1.04 bits per heavy atom. The third-order valence-electron chi connectivity index (χ3n) is 5.45. The molecule has 0 unspecified atom stereocenters. The second-order valence-corrected chi connectivity index (χ2v) is 9.50. The molecule has 2 heterocycles. The summed E-state index contributed by atoms with van der Waals surface area (Å²) >= 11 is 7.46. The Labute approximate surface area is 175 Å². The van der Waals surface area contributed by atoms with Gasteiger partial charge in [0.1, 0.15) is 0 Å². The van der Waals surface area contributed by atoms with E-state index < -0.39 is 0 Å². The predicted molar refractivity (Wildman–Crippen MR) is 120 cm³/mol. The van der Waals surface area contributed by atoms with Crippen LogP contribution in [0.15, 0.2) is 54.6 Å². The third kappa shape index (κ3) is 3.54. The molecule has 0 atom stereocenters. The topological polar surface area (TPSA) is 22.0 Å². The van der Waals surface area contributed by atoms with Crippen LogP contribution in [0.25, 0.3) is 22.3 Å². The Balaban J connectivity index is 2.02. The highest BCUT2D eigenvalue weighted by Crippen LogP contribution is 2.47. The molecule has 4 heteroatoms. The fourth-order valence-electron chi connectivity index (χ4n) is 4.27. The van der Waals surface area contributed by atoms with E-state index in [9.17, 15) is 4.79 Å². The van der Waals surface area contributed by atoms with Crippen LogP contribution < -0.4 is 0 Å². The summed E-state index contributed by atoms with van der Waals surface area (Å²) in [6, 6.07) is 18.5. The van der Waals surface area contributed by atoms with Gasteiger partial charge < -0.3 is 4.57 Å². The molecule has 0 aliphatic carbocycles. The van der Waals surface area contributed by atoms with Crippen LogP contribution in [0.3, 0.4) is 0 Å². The molecular formula is C24H24ClNOS. The number of hydrogen-bond acceptors (Lipinski definition) is 2. The van der Waals surface area contributed by atoms with E-state index in [0.717, 1.165) is 29.2 Å². The molecule has 0 fully saturated rings. The lowest BCUT2D eigenvalue weighted by atomic mass is 9.86. The van der Waals surface area contributed by atoms with Gasteiger partial charge in [-0.1, -0.05) is 79.7 Å². The zero-order chi connectivity index (χ0) is 19.9. The standard InChI is InChI=1S/C24H24ClNOS/c1-24(2)14-20-23(16-7-5-4-6-8-16)22(17-9-11-18(25)12-10-17)19(26(20)15-24)13-21(27)28-3/h4-12H,13-15H2,1-3H3. The van der Waals surface area contributed by atoms with Crippen LogP contribution >= 0.6 is 23.4 Å². The minimum absolute atomic E-state index is 0.189. The van der Waals surface area contributed by atoms with Crippen LogP contribution in [0.4, 0.5) is 0 Å². The maximum atomic E-state index is 12.5. The first-order valence-corrected chi connectivity index (χ1v) is 11.1. The monoisotopic (exact) mass is 409 g/mol. The van der Waals surface area contributed by atoms with Crippen molar-refractivity contribution in [1.82, 2.24) is 4.57 Å². The van der Waals surface area contributed by atoms with E-state index in [1.807, 2.05) is 24.5 Å². The van der Waals surface area contributed by atoms with Gasteiger partial charge in [0, 0.05) is 34.1 Å². The summed E-state index contributed by atoms with van der Waals surface area (Å²) in [5.74, 6) is 0. The fourth-order valence-corrected chi connectivity index (χ4v) is 4.68. The Hall–Kier alpha value is -1.97. The van der Waals surface area contributed by atoms with Crippen molar-refractivity contribution in [3.8, 4) is 22.3 Å². The highest BCUT2D eigenvalue weighted by atomic mass is 35.5. The van der Waals surface area contributed by atoms with Gasteiger partial charge in [0.2, 0.25) is 0 Å². The number of nitrogens with zero attached hydrogens (tertiary/aromatic N) is 1. The number of carbonyl (C=O) groups is 1. The molecule has 1 aromatic heterocycles. The molecule has 144 valence electrons. The maximum absolute atomic E-state index is 12.5. The number of halogens is 1. The van der Waals surface area contributed by atoms with Crippen LogP contribution in [-0.2, 0) is 24.2 Å². The van der Waals surface area contributed by atoms with Crippen molar-refractivity contribution in [1.29, 1.82) is 0 Å². The van der Waals surface area contributed by atoms with Gasteiger partial charge >= 0.3 is 0 Å². The first-order chi connectivity index (χ1) is 13.4. The molecule has 1 aliphatic rings. The lowest BCUT2D eigenvalue weighted by Crippen LogP contribution is -2.15. The number of fused-ring (bicyclic) bond motifs is 1. The molecule has 28 heavy (non-hydrogen) atoms. The van der Waals surface area contributed by atoms with Gasteiger partial charge in [0.05, 0.1) is 6.42 Å². The molecule has 0 N–H and O–H groups in total. The van der Waals surface area contributed by atoms with Crippen molar-refractivity contribution in [2.45, 2.75) is 33.2 Å². The Morgan fingerprint density at radius 2 is 1.68 bits per heavy atom. The smallest absolute Gasteiger partial charge is 0.194 e. The van der Waals surface area contributed by atoms with Crippen molar-refractivity contribution in [2.24, 2.45) is 5.41 Å². The quantitative estimate of drug-likeness (QED) is 0.491. The second kappa shape index (κ2) is 7.46. The van der Waals surface area contributed by atoms with Crippen LogP contribution in [0, 0.1) is 5.41 Å². The molecule has 3 aromatic rings. The van der Waals surface area contributed by atoms with Gasteiger partial charge in [-0.2, -0.15) is 0 Å².